The molecule has 110 valence electrons. The lowest BCUT2D eigenvalue weighted by molar-refractivity contribution is -0.385. The maximum absolute atomic E-state index is 12.0. The first kappa shape index (κ1) is 16.6. The fraction of sp³-hybridized carbons (Fsp3) is 0.462. The molecule has 0 saturated heterocycles. The van der Waals surface area contributed by atoms with Gasteiger partial charge in [-0.05, 0) is 40.4 Å². The van der Waals surface area contributed by atoms with E-state index in [1.54, 1.807) is 0 Å². The smallest absolute Gasteiger partial charge is 0.284 e. The van der Waals surface area contributed by atoms with Crippen LogP contribution in [0.3, 0.4) is 0 Å². The van der Waals surface area contributed by atoms with Gasteiger partial charge in [-0.25, -0.2) is 0 Å². The average Bonchev–Trinajstić information content (AvgIpc) is 2.37. The van der Waals surface area contributed by atoms with Gasteiger partial charge in [-0.2, -0.15) is 0 Å². The number of aliphatic hydroxyl groups excluding tert-OH is 1. The molecule has 20 heavy (non-hydrogen) atoms. The first-order valence-electron chi connectivity index (χ1n) is 6.20. The molecule has 1 amide bonds. The van der Waals surface area contributed by atoms with Crippen LogP contribution in [0.4, 0.5) is 5.69 Å². The monoisotopic (exact) mass is 344 g/mol. The van der Waals surface area contributed by atoms with Gasteiger partial charge in [0.1, 0.15) is 0 Å². The van der Waals surface area contributed by atoms with E-state index in [9.17, 15) is 20.0 Å². The van der Waals surface area contributed by atoms with Gasteiger partial charge < -0.3 is 10.4 Å². The number of nitro benzene ring substituents is 1. The first-order valence-corrected chi connectivity index (χ1v) is 7.00. The second kappa shape index (κ2) is 7.35. The minimum Gasteiger partial charge on any atom is -0.394 e. The van der Waals surface area contributed by atoms with Crippen LogP contribution in [0.5, 0.6) is 0 Å². The van der Waals surface area contributed by atoms with Gasteiger partial charge in [0.2, 0.25) is 0 Å². The number of carbonyl (C=O) groups is 1. The van der Waals surface area contributed by atoms with Crippen molar-refractivity contribution in [3.05, 3.63) is 38.3 Å². The van der Waals surface area contributed by atoms with Crippen molar-refractivity contribution in [2.24, 2.45) is 5.92 Å². The second-order valence-electron chi connectivity index (χ2n) is 4.91. The highest BCUT2D eigenvalue weighted by atomic mass is 79.9. The minimum absolute atomic E-state index is 0.164. The molecule has 0 spiro atoms. The van der Waals surface area contributed by atoms with Crippen molar-refractivity contribution in [3.8, 4) is 0 Å². The molecule has 0 aromatic heterocycles. The number of aliphatic hydroxyl groups is 1. The number of nitrogens with one attached hydrogen (secondary N) is 1. The predicted octanol–water partition coefficient (Wildman–Crippen LogP) is 2.49. The summed E-state index contributed by atoms with van der Waals surface area (Å²) in [5, 5.41) is 22.7. The molecule has 1 rings (SSSR count). The Bertz CT molecular complexity index is 505. The molecule has 2 N–H and O–H groups in total. The van der Waals surface area contributed by atoms with E-state index < -0.39 is 10.8 Å². The third-order valence-corrected chi connectivity index (χ3v) is 3.39. The molecule has 1 aromatic rings. The van der Waals surface area contributed by atoms with E-state index in [0.717, 1.165) is 0 Å². The summed E-state index contributed by atoms with van der Waals surface area (Å²) in [5.41, 5.74) is 0.0316. The number of rotatable bonds is 6. The molecule has 0 bridgehead atoms. The Kier molecular flexibility index (Phi) is 6.09. The van der Waals surface area contributed by atoms with E-state index in [2.05, 4.69) is 21.2 Å². The lowest BCUT2D eigenvalue weighted by Crippen LogP contribution is -2.38. The van der Waals surface area contributed by atoms with E-state index in [-0.39, 0.29) is 23.9 Å². The normalized spacial score (nSPS) is 12.2. The van der Waals surface area contributed by atoms with E-state index >= 15 is 0 Å². The van der Waals surface area contributed by atoms with E-state index in [1.807, 2.05) is 13.8 Å². The van der Waals surface area contributed by atoms with Gasteiger partial charge in [-0.1, -0.05) is 13.8 Å². The maximum atomic E-state index is 12.0. The van der Waals surface area contributed by atoms with Crippen LogP contribution in [0.2, 0.25) is 0 Å². The highest BCUT2D eigenvalue weighted by molar-refractivity contribution is 9.10. The highest BCUT2D eigenvalue weighted by Gasteiger charge is 2.18. The summed E-state index contributed by atoms with van der Waals surface area (Å²) in [6, 6.07) is 3.81. The lowest BCUT2D eigenvalue weighted by Gasteiger charge is -2.18. The zero-order valence-electron chi connectivity index (χ0n) is 11.3. The number of benzene rings is 1. The predicted molar refractivity (Wildman–Crippen MR) is 78.6 cm³/mol. The summed E-state index contributed by atoms with van der Waals surface area (Å²) in [5.74, 6) is -0.105. The molecule has 0 heterocycles. The molecular formula is C13H17BrN2O4. The Morgan fingerprint density at radius 1 is 1.50 bits per heavy atom. The molecule has 0 radical (unpaired) electrons. The Hall–Kier alpha value is -1.47. The lowest BCUT2D eigenvalue weighted by atomic mass is 10.0. The van der Waals surface area contributed by atoms with Crippen molar-refractivity contribution in [1.29, 1.82) is 0 Å². The van der Waals surface area contributed by atoms with Crippen molar-refractivity contribution in [1.82, 2.24) is 5.32 Å². The van der Waals surface area contributed by atoms with Crippen LogP contribution < -0.4 is 5.32 Å². The van der Waals surface area contributed by atoms with Gasteiger partial charge in [0.05, 0.1) is 22.0 Å². The van der Waals surface area contributed by atoms with Crippen LogP contribution >= 0.6 is 15.9 Å². The molecule has 1 aromatic carbocycles. The van der Waals surface area contributed by atoms with Crippen LogP contribution in [0.15, 0.2) is 22.7 Å². The molecule has 0 fully saturated rings. The minimum atomic E-state index is -0.557. The molecule has 6 nitrogen and oxygen atoms in total. The second-order valence-corrected chi connectivity index (χ2v) is 5.76. The number of nitro groups is 1. The van der Waals surface area contributed by atoms with Gasteiger partial charge in [-0.3, -0.25) is 14.9 Å². The fourth-order valence-corrected chi connectivity index (χ4v) is 2.20. The van der Waals surface area contributed by atoms with E-state index in [0.29, 0.717) is 16.8 Å². The summed E-state index contributed by atoms with van der Waals surface area (Å²) in [4.78, 5) is 22.3. The fourth-order valence-electron chi connectivity index (χ4n) is 1.81. The Balaban J connectivity index is 2.87. The molecule has 0 aliphatic heterocycles. The summed E-state index contributed by atoms with van der Waals surface area (Å²) < 4.78 is 0.319. The van der Waals surface area contributed by atoms with Crippen molar-refractivity contribution < 1.29 is 14.8 Å². The Morgan fingerprint density at radius 2 is 2.15 bits per heavy atom. The highest BCUT2D eigenvalue weighted by Crippen LogP contribution is 2.25. The SMILES string of the molecule is CC(C)CC(CO)NC(=O)c1ccc(Br)c([N+](=O)[O-])c1. The molecular weight excluding hydrogens is 328 g/mol. The standard InChI is InChI=1S/C13H17BrN2O4/c1-8(2)5-10(7-17)15-13(18)9-3-4-11(14)12(6-9)16(19)20/h3-4,6,8,10,17H,5,7H2,1-2H3,(H,15,18). The van der Waals surface area contributed by atoms with E-state index in [1.165, 1.54) is 18.2 Å². The maximum Gasteiger partial charge on any atom is 0.284 e. The van der Waals surface area contributed by atoms with E-state index in [4.69, 9.17) is 0 Å². The number of halogens is 1. The van der Waals surface area contributed by atoms with Crippen molar-refractivity contribution in [2.75, 3.05) is 6.61 Å². The summed E-state index contributed by atoms with van der Waals surface area (Å²) in [7, 11) is 0. The third kappa shape index (κ3) is 4.57. The van der Waals surface area contributed by atoms with Gasteiger partial charge in [-0.15, -0.1) is 0 Å². The van der Waals surface area contributed by atoms with Crippen LogP contribution in [0, 0.1) is 16.0 Å². The molecule has 1 atom stereocenters. The van der Waals surface area contributed by atoms with Crippen LogP contribution in [0.25, 0.3) is 0 Å². The van der Waals surface area contributed by atoms with Crippen molar-refractivity contribution >= 4 is 27.5 Å². The molecule has 0 aliphatic carbocycles. The number of hydrogen-bond acceptors (Lipinski definition) is 4. The zero-order chi connectivity index (χ0) is 15.3. The van der Waals surface area contributed by atoms with Crippen molar-refractivity contribution in [2.45, 2.75) is 26.3 Å². The number of carbonyl (C=O) groups excluding carboxylic acids is 1. The molecule has 1 unspecified atom stereocenters. The third-order valence-electron chi connectivity index (χ3n) is 2.72. The summed E-state index contributed by atoms with van der Waals surface area (Å²) in [6.07, 6.45) is 0.640. The Morgan fingerprint density at radius 3 is 2.65 bits per heavy atom. The zero-order valence-corrected chi connectivity index (χ0v) is 12.9. The number of hydrogen-bond donors (Lipinski definition) is 2. The topological polar surface area (TPSA) is 92.5 Å². The van der Waals surface area contributed by atoms with Crippen LogP contribution in [-0.2, 0) is 0 Å². The molecule has 7 heteroatoms. The molecule has 0 aliphatic rings. The van der Waals surface area contributed by atoms with Crippen molar-refractivity contribution in [3.63, 3.8) is 0 Å². The van der Waals surface area contributed by atoms with Gasteiger partial charge >= 0.3 is 0 Å². The molecule has 0 saturated carbocycles. The van der Waals surface area contributed by atoms with Crippen LogP contribution in [-0.4, -0.2) is 28.6 Å². The number of amides is 1. The first-order chi connectivity index (χ1) is 9.35. The quantitative estimate of drug-likeness (QED) is 0.612. The summed E-state index contributed by atoms with van der Waals surface area (Å²) in [6.45, 7) is 3.81. The van der Waals surface area contributed by atoms with Crippen LogP contribution in [0.1, 0.15) is 30.6 Å². The summed E-state index contributed by atoms with van der Waals surface area (Å²) >= 11 is 3.06. The Labute approximate surface area is 125 Å². The van der Waals surface area contributed by atoms with Gasteiger partial charge in [0.25, 0.3) is 11.6 Å². The average molecular weight is 345 g/mol. The number of nitrogens with zero attached hydrogens (tertiary/aromatic N) is 1. The largest absolute Gasteiger partial charge is 0.394 e. The van der Waals surface area contributed by atoms with Gasteiger partial charge in [0.15, 0.2) is 0 Å². The van der Waals surface area contributed by atoms with Gasteiger partial charge in [0, 0.05) is 11.6 Å².